The van der Waals surface area contributed by atoms with Crippen LogP contribution in [0.3, 0.4) is 0 Å². The van der Waals surface area contributed by atoms with Crippen LogP contribution in [0, 0.1) is 6.92 Å². The summed E-state index contributed by atoms with van der Waals surface area (Å²) in [6.45, 7) is 3.22. The van der Waals surface area contributed by atoms with Gasteiger partial charge in [0.05, 0.1) is 17.5 Å². The molecule has 0 spiro atoms. The van der Waals surface area contributed by atoms with E-state index in [2.05, 4.69) is 15.8 Å². The number of benzene rings is 2. The number of fused-ring (bicyclic) bond motifs is 1. The fourth-order valence-corrected chi connectivity index (χ4v) is 3.62. The molecular formula is C22H23N3O5S. The van der Waals surface area contributed by atoms with Gasteiger partial charge in [-0.25, -0.2) is 0 Å². The molecule has 1 unspecified atom stereocenters. The number of hydrogen-bond donors (Lipinski definition) is 2. The van der Waals surface area contributed by atoms with Gasteiger partial charge in [-0.05, 0) is 30.2 Å². The number of carbonyl (C=O) groups excluding carboxylic acids is 3. The molecule has 0 saturated carbocycles. The Hall–Kier alpha value is -3.33. The Kier molecular flexibility index (Phi) is 7.66. The van der Waals surface area contributed by atoms with Crippen LogP contribution in [0.5, 0.6) is 0 Å². The summed E-state index contributed by atoms with van der Waals surface area (Å²) in [6.07, 6.45) is 0. The number of aryl methyl sites for hydroxylation is 1. The number of ether oxygens (including phenoxy) is 1. The van der Waals surface area contributed by atoms with Crippen molar-refractivity contribution < 1.29 is 23.6 Å². The monoisotopic (exact) mass is 441 g/mol. The van der Waals surface area contributed by atoms with Gasteiger partial charge in [0, 0.05) is 6.07 Å². The van der Waals surface area contributed by atoms with E-state index in [0.717, 1.165) is 28.1 Å². The van der Waals surface area contributed by atoms with Crippen LogP contribution in [0.2, 0.25) is 0 Å². The molecule has 1 aromatic heterocycles. The molecule has 0 aliphatic heterocycles. The third kappa shape index (κ3) is 6.58. The highest BCUT2D eigenvalue weighted by atomic mass is 32.2. The smallest absolute Gasteiger partial charge is 0.316 e. The van der Waals surface area contributed by atoms with E-state index < -0.39 is 11.9 Å². The first kappa shape index (κ1) is 22.4. The zero-order chi connectivity index (χ0) is 22.2. The summed E-state index contributed by atoms with van der Waals surface area (Å²) in [5, 5.41) is 11.2. The molecule has 2 aromatic carbocycles. The third-order valence-electron chi connectivity index (χ3n) is 4.38. The molecule has 0 radical (unpaired) electrons. The van der Waals surface area contributed by atoms with Gasteiger partial charge in [0.2, 0.25) is 5.91 Å². The van der Waals surface area contributed by atoms with E-state index in [1.807, 2.05) is 49.4 Å². The molecule has 2 N–H and O–H groups in total. The van der Waals surface area contributed by atoms with Crippen molar-refractivity contribution in [1.29, 1.82) is 0 Å². The number of nitrogens with one attached hydrogen (secondary N) is 2. The first-order valence-electron chi connectivity index (χ1n) is 9.66. The minimum Gasteiger partial charge on any atom is -0.455 e. The molecule has 0 aliphatic rings. The second kappa shape index (κ2) is 10.6. The third-order valence-corrected chi connectivity index (χ3v) is 5.29. The maximum Gasteiger partial charge on any atom is 0.316 e. The van der Waals surface area contributed by atoms with E-state index in [4.69, 9.17) is 9.26 Å². The Labute approximate surface area is 183 Å². The van der Waals surface area contributed by atoms with E-state index in [1.165, 1.54) is 0 Å². The zero-order valence-corrected chi connectivity index (χ0v) is 18.0. The van der Waals surface area contributed by atoms with Gasteiger partial charge in [-0.1, -0.05) is 47.6 Å². The summed E-state index contributed by atoms with van der Waals surface area (Å²) in [5.74, 6) is -0.362. The lowest BCUT2D eigenvalue weighted by Crippen LogP contribution is -2.31. The summed E-state index contributed by atoms with van der Waals surface area (Å²) in [7, 11) is 0. The van der Waals surface area contributed by atoms with E-state index >= 15 is 0 Å². The number of rotatable bonds is 9. The van der Waals surface area contributed by atoms with Gasteiger partial charge in [-0.15, -0.1) is 11.8 Å². The van der Waals surface area contributed by atoms with Crippen molar-refractivity contribution in [2.24, 2.45) is 0 Å². The number of carbonyl (C=O) groups is 3. The molecule has 8 nitrogen and oxygen atoms in total. The van der Waals surface area contributed by atoms with E-state index in [-0.39, 0.29) is 30.1 Å². The average Bonchev–Trinajstić information content (AvgIpc) is 3.16. The minimum atomic E-state index is -0.567. The number of esters is 1. The predicted molar refractivity (Wildman–Crippen MR) is 119 cm³/mol. The Bertz CT molecular complexity index is 1080. The molecule has 1 heterocycles. The van der Waals surface area contributed by atoms with Crippen LogP contribution in [0.1, 0.15) is 24.3 Å². The Morgan fingerprint density at radius 3 is 2.65 bits per heavy atom. The summed E-state index contributed by atoms with van der Waals surface area (Å²) in [5.41, 5.74) is 0.988. The molecule has 31 heavy (non-hydrogen) atoms. The van der Waals surface area contributed by atoms with Crippen molar-refractivity contribution >= 4 is 46.1 Å². The number of hydrogen-bond acceptors (Lipinski definition) is 7. The van der Waals surface area contributed by atoms with Gasteiger partial charge in [0.1, 0.15) is 5.76 Å². The number of anilines is 1. The van der Waals surface area contributed by atoms with E-state index in [9.17, 15) is 14.4 Å². The average molecular weight is 442 g/mol. The molecule has 0 bridgehead atoms. The molecule has 3 rings (SSSR count). The second-order valence-corrected chi connectivity index (χ2v) is 7.87. The highest BCUT2D eigenvalue weighted by Gasteiger charge is 2.14. The lowest BCUT2D eigenvalue weighted by Gasteiger charge is -2.16. The van der Waals surface area contributed by atoms with Crippen molar-refractivity contribution in [3.63, 3.8) is 0 Å². The normalized spacial score (nSPS) is 11.7. The summed E-state index contributed by atoms with van der Waals surface area (Å²) < 4.78 is 9.86. The fourth-order valence-electron chi connectivity index (χ4n) is 3.01. The van der Waals surface area contributed by atoms with Gasteiger partial charge in [-0.3, -0.25) is 14.4 Å². The Balaban J connectivity index is 1.38. The first-order valence-corrected chi connectivity index (χ1v) is 10.8. The molecule has 3 aromatic rings. The summed E-state index contributed by atoms with van der Waals surface area (Å²) in [6, 6.07) is 15.2. The highest BCUT2D eigenvalue weighted by Crippen LogP contribution is 2.23. The summed E-state index contributed by atoms with van der Waals surface area (Å²) in [4.78, 5) is 35.8. The fraction of sp³-hybridized carbons (Fsp3) is 0.273. The zero-order valence-electron chi connectivity index (χ0n) is 17.2. The van der Waals surface area contributed by atoms with Gasteiger partial charge >= 0.3 is 5.97 Å². The van der Waals surface area contributed by atoms with Gasteiger partial charge in [0.25, 0.3) is 5.91 Å². The SMILES string of the molecule is Cc1cc(NC(=O)CSCC(=O)OCC(=O)NC(C)c2cccc3ccccc23)no1. The van der Waals surface area contributed by atoms with Gasteiger partial charge in [0.15, 0.2) is 12.4 Å². The topological polar surface area (TPSA) is 111 Å². The first-order chi connectivity index (χ1) is 14.9. The second-order valence-electron chi connectivity index (χ2n) is 6.88. The van der Waals surface area contributed by atoms with Crippen molar-refractivity contribution in [3.8, 4) is 0 Å². The van der Waals surface area contributed by atoms with Crippen LogP contribution in [0.4, 0.5) is 5.82 Å². The Morgan fingerprint density at radius 1 is 1.10 bits per heavy atom. The number of aromatic nitrogens is 1. The molecule has 0 saturated heterocycles. The molecular weight excluding hydrogens is 418 g/mol. The van der Waals surface area contributed by atoms with Crippen molar-refractivity contribution in [2.75, 3.05) is 23.4 Å². The number of thioether (sulfide) groups is 1. The number of nitrogens with zero attached hydrogens (tertiary/aromatic N) is 1. The van der Waals surface area contributed by atoms with Crippen LogP contribution in [-0.4, -0.2) is 41.1 Å². The van der Waals surface area contributed by atoms with Crippen LogP contribution in [0.15, 0.2) is 53.1 Å². The quantitative estimate of drug-likeness (QED) is 0.491. The standard InChI is InChI=1S/C22H23N3O5S/c1-14-10-19(25-30-14)24-21(27)12-31-13-22(28)29-11-20(26)23-15(2)17-9-5-7-16-6-3-4-8-18(16)17/h3-10,15H,11-13H2,1-2H3,(H,23,26)(H,24,25,27). The molecule has 9 heteroatoms. The Morgan fingerprint density at radius 2 is 1.87 bits per heavy atom. The van der Waals surface area contributed by atoms with E-state index in [0.29, 0.717) is 11.6 Å². The number of amides is 2. The van der Waals surface area contributed by atoms with Gasteiger partial charge < -0.3 is 19.9 Å². The maximum absolute atomic E-state index is 12.2. The predicted octanol–water partition coefficient (Wildman–Crippen LogP) is 3.23. The highest BCUT2D eigenvalue weighted by molar-refractivity contribution is 8.00. The summed E-state index contributed by atoms with van der Waals surface area (Å²) >= 11 is 1.08. The minimum absolute atomic E-state index is 0.0442. The molecule has 0 fully saturated rings. The lowest BCUT2D eigenvalue weighted by molar-refractivity contribution is -0.146. The van der Waals surface area contributed by atoms with Crippen LogP contribution in [0.25, 0.3) is 10.8 Å². The van der Waals surface area contributed by atoms with Gasteiger partial charge in [-0.2, -0.15) is 0 Å². The molecule has 2 amide bonds. The van der Waals surface area contributed by atoms with Crippen LogP contribution >= 0.6 is 11.8 Å². The van der Waals surface area contributed by atoms with Crippen LogP contribution < -0.4 is 10.6 Å². The molecule has 162 valence electrons. The molecule has 0 aliphatic carbocycles. The lowest BCUT2D eigenvalue weighted by atomic mass is 10.00. The van der Waals surface area contributed by atoms with Crippen molar-refractivity contribution in [3.05, 3.63) is 59.9 Å². The van der Waals surface area contributed by atoms with E-state index in [1.54, 1.807) is 13.0 Å². The van der Waals surface area contributed by atoms with Crippen molar-refractivity contribution in [1.82, 2.24) is 10.5 Å². The molecule has 1 atom stereocenters. The maximum atomic E-state index is 12.2. The van der Waals surface area contributed by atoms with Crippen LogP contribution in [-0.2, 0) is 19.1 Å². The largest absolute Gasteiger partial charge is 0.455 e. The van der Waals surface area contributed by atoms with Crippen molar-refractivity contribution in [2.45, 2.75) is 19.9 Å².